The van der Waals surface area contributed by atoms with Gasteiger partial charge < -0.3 is 14.6 Å². The predicted octanol–water partition coefficient (Wildman–Crippen LogP) is 3.02. The van der Waals surface area contributed by atoms with Crippen LogP contribution >= 0.6 is 0 Å². The number of sulfonamides is 1. The van der Waals surface area contributed by atoms with Gasteiger partial charge in [-0.2, -0.15) is 4.31 Å². The molecule has 1 aliphatic heterocycles. The van der Waals surface area contributed by atoms with Crippen LogP contribution in [0.25, 0.3) is 12.2 Å². The Hall–Kier alpha value is -2.49. The van der Waals surface area contributed by atoms with Crippen molar-refractivity contribution in [1.29, 1.82) is 0 Å². The molecule has 0 unspecified atom stereocenters. The number of piperidine rings is 1. The third-order valence-electron chi connectivity index (χ3n) is 5.52. The summed E-state index contributed by atoms with van der Waals surface area (Å²) < 4.78 is 38.6. The highest BCUT2D eigenvalue weighted by Crippen LogP contribution is 2.29. The van der Waals surface area contributed by atoms with Crippen molar-refractivity contribution in [3.63, 3.8) is 0 Å². The quantitative estimate of drug-likeness (QED) is 0.576. The third kappa shape index (κ3) is 5.85. The molecule has 2 heterocycles. The molecule has 3 rings (SSSR count). The largest absolute Gasteiger partial charge is 0.385 e. The molecule has 0 radical (unpaired) electrons. The van der Waals surface area contributed by atoms with E-state index in [9.17, 15) is 13.2 Å². The van der Waals surface area contributed by atoms with E-state index in [0.717, 1.165) is 11.1 Å². The van der Waals surface area contributed by atoms with Crippen LogP contribution in [0.15, 0.2) is 33.7 Å². The fourth-order valence-electron chi connectivity index (χ4n) is 3.72. The number of ether oxygens (including phenoxy) is 1. The monoisotopic (exact) mass is 461 g/mol. The van der Waals surface area contributed by atoms with Crippen molar-refractivity contribution in [3.05, 3.63) is 46.8 Å². The van der Waals surface area contributed by atoms with Gasteiger partial charge >= 0.3 is 0 Å². The predicted molar refractivity (Wildman–Crippen MR) is 122 cm³/mol. The molecule has 1 aromatic heterocycles. The number of nitrogens with zero attached hydrogens (tertiary/aromatic N) is 2. The number of hydrogen-bond acceptors (Lipinski definition) is 6. The van der Waals surface area contributed by atoms with Crippen LogP contribution in [0.1, 0.15) is 41.8 Å². The molecule has 174 valence electrons. The van der Waals surface area contributed by atoms with Gasteiger partial charge in [-0.3, -0.25) is 4.79 Å². The number of nitrogens with one attached hydrogen (secondary N) is 1. The van der Waals surface area contributed by atoms with Crippen LogP contribution in [0.4, 0.5) is 0 Å². The average Bonchev–Trinajstić information content (AvgIpc) is 3.17. The average molecular weight is 462 g/mol. The first-order chi connectivity index (χ1) is 15.3. The summed E-state index contributed by atoms with van der Waals surface area (Å²) in [6.07, 6.45) is 5.42. The summed E-state index contributed by atoms with van der Waals surface area (Å²) in [6.45, 7) is 5.20. The second-order valence-electron chi connectivity index (χ2n) is 8.04. The highest BCUT2D eigenvalue weighted by molar-refractivity contribution is 7.89. The van der Waals surface area contributed by atoms with Gasteiger partial charge in [-0.05, 0) is 44.7 Å². The molecule has 0 aliphatic carbocycles. The molecule has 8 nitrogen and oxygen atoms in total. The lowest BCUT2D eigenvalue weighted by atomic mass is 9.99. The second kappa shape index (κ2) is 10.9. The minimum atomic E-state index is -3.86. The van der Waals surface area contributed by atoms with Crippen molar-refractivity contribution in [1.82, 2.24) is 14.8 Å². The van der Waals surface area contributed by atoms with Gasteiger partial charge in [-0.1, -0.05) is 41.1 Å². The molecular weight excluding hydrogens is 430 g/mol. The number of carbonyl (C=O) groups excluding carboxylic acids is 1. The van der Waals surface area contributed by atoms with Crippen LogP contribution in [-0.2, 0) is 19.6 Å². The lowest BCUT2D eigenvalue weighted by Crippen LogP contribution is -2.45. The molecule has 1 N–H and O–H groups in total. The van der Waals surface area contributed by atoms with Gasteiger partial charge in [0, 0.05) is 33.4 Å². The number of carbonyl (C=O) groups is 1. The molecule has 2 aromatic rings. The SMILES string of the molecule is COCCCNC(=O)[C@H]1CCCN(S(=O)(=O)c2c(C)noc2/C=C/c2ccc(C)cc2)C1. The van der Waals surface area contributed by atoms with E-state index < -0.39 is 10.0 Å². The standard InChI is InChI=1S/C23H31N3O5S/c1-17-7-9-19(10-8-17)11-12-21-22(18(2)25-31-21)32(28,29)26-14-4-6-20(16-26)23(27)24-13-5-15-30-3/h7-12,20H,4-6,13-16H2,1-3H3,(H,24,27)/b12-11+/t20-/m0/s1. The highest BCUT2D eigenvalue weighted by atomic mass is 32.2. The maximum atomic E-state index is 13.5. The Bertz CT molecular complexity index is 1040. The van der Waals surface area contributed by atoms with Gasteiger partial charge in [0.1, 0.15) is 5.69 Å². The Balaban J connectivity index is 1.75. The zero-order chi connectivity index (χ0) is 23.1. The normalized spacial score (nSPS) is 17.7. The number of benzene rings is 1. The third-order valence-corrected chi connectivity index (χ3v) is 7.54. The lowest BCUT2D eigenvalue weighted by Gasteiger charge is -2.31. The summed E-state index contributed by atoms with van der Waals surface area (Å²) in [5.41, 5.74) is 2.37. The maximum Gasteiger partial charge on any atom is 0.248 e. The number of aromatic nitrogens is 1. The molecule has 1 saturated heterocycles. The van der Waals surface area contributed by atoms with E-state index in [1.165, 1.54) is 4.31 Å². The van der Waals surface area contributed by atoms with Crippen molar-refractivity contribution in [2.24, 2.45) is 5.92 Å². The van der Waals surface area contributed by atoms with Crippen LogP contribution in [0.5, 0.6) is 0 Å². The first kappa shape index (κ1) is 24.2. The summed E-state index contributed by atoms with van der Waals surface area (Å²) in [5.74, 6) is -0.315. The number of methoxy groups -OCH3 is 1. The van der Waals surface area contributed by atoms with Crippen molar-refractivity contribution < 1.29 is 22.5 Å². The van der Waals surface area contributed by atoms with Crippen molar-refractivity contribution >= 4 is 28.1 Å². The summed E-state index contributed by atoms with van der Waals surface area (Å²) in [7, 11) is -2.25. The maximum absolute atomic E-state index is 13.5. The Kier molecular flexibility index (Phi) is 8.22. The number of rotatable bonds is 9. The lowest BCUT2D eigenvalue weighted by molar-refractivity contribution is -0.126. The first-order valence-corrected chi connectivity index (χ1v) is 12.2. The van der Waals surface area contributed by atoms with Gasteiger partial charge in [-0.25, -0.2) is 8.42 Å². The zero-order valence-electron chi connectivity index (χ0n) is 18.8. The van der Waals surface area contributed by atoms with Gasteiger partial charge in [0.15, 0.2) is 10.7 Å². The minimum absolute atomic E-state index is 0.0574. The summed E-state index contributed by atoms with van der Waals surface area (Å²) in [5, 5.41) is 6.77. The summed E-state index contributed by atoms with van der Waals surface area (Å²) in [6, 6.07) is 7.86. The molecule has 0 saturated carbocycles. The molecule has 1 aromatic carbocycles. The smallest absolute Gasteiger partial charge is 0.248 e. The second-order valence-corrected chi connectivity index (χ2v) is 9.92. The molecule has 1 atom stereocenters. The number of hydrogen-bond donors (Lipinski definition) is 1. The summed E-state index contributed by atoms with van der Waals surface area (Å²) >= 11 is 0. The van der Waals surface area contributed by atoms with Crippen LogP contribution in [0.3, 0.4) is 0 Å². The fourth-order valence-corrected chi connectivity index (χ4v) is 5.50. The van der Waals surface area contributed by atoms with Crippen molar-refractivity contribution in [2.45, 2.75) is 38.0 Å². The molecule has 1 aliphatic rings. The Labute approximate surface area is 189 Å². The van der Waals surface area contributed by atoms with Crippen molar-refractivity contribution in [3.8, 4) is 0 Å². The molecule has 1 fully saturated rings. The van der Waals surface area contributed by atoms with Gasteiger partial charge in [-0.15, -0.1) is 0 Å². The van der Waals surface area contributed by atoms with Crippen LogP contribution in [0, 0.1) is 19.8 Å². The van der Waals surface area contributed by atoms with E-state index in [4.69, 9.17) is 9.26 Å². The zero-order valence-corrected chi connectivity index (χ0v) is 19.7. The fraction of sp³-hybridized carbons (Fsp3) is 0.478. The van der Waals surface area contributed by atoms with E-state index in [1.807, 2.05) is 31.2 Å². The molecule has 9 heteroatoms. The van der Waals surface area contributed by atoms with E-state index in [-0.39, 0.29) is 29.0 Å². The summed E-state index contributed by atoms with van der Waals surface area (Å²) in [4.78, 5) is 12.6. The van der Waals surface area contributed by atoms with E-state index in [0.29, 0.717) is 44.7 Å². The van der Waals surface area contributed by atoms with E-state index in [1.54, 1.807) is 26.2 Å². The Morgan fingerprint density at radius 1 is 1.28 bits per heavy atom. The minimum Gasteiger partial charge on any atom is -0.385 e. The van der Waals surface area contributed by atoms with Crippen LogP contribution < -0.4 is 5.32 Å². The van der Waals surface area contributed by atoms with Crippen molar-refractivity contribution in [2.75, 3.05) is 33.4 Å². The van der Waals surface area contributed by atoms with E-state index in [2.05, 4.69) is 10.5 Å². The van der Waals surface area contributed by atoms with Gasteiger partial charge in [0.25, 0.3) is 0 Å². The molecular formula is C23H31N3O5S. The van der Waals surface area contributed by atoms with Gasteiger partial charge in [0.05, 0.1) is 5.92 Å². The molecule has 0 bridgehead atoms. The molecule has 0 spiro atoms. The Morgan fingerprint density at radius 2 is 2.03 bits per heavy atom. The topological polar surface area (TPSA) is 102 Å². The van der Waals surface area contributed by atoms with Crippen LogP contribution in [0.2, 0.25) is 0 Å². The molecule has 1 amide bonds. The number of aryl methyl sites for hydroxylation is 2. The highest BCUT2D eigenvalue weighted by Gasteiger charge is 2.36. The number of amides is 1. The van der Waals surface area contributed by atoms with Gasteiger partial charge in [0.2, 0.25) is 15.9 Å². The van der Waals surface area contributed by atoms with E-state index >= 15 is 0 Å². The Morgan fingerprint density at radius 3 is 2.75 bits per heavy atom. The van der Waals surface area contributed by atoms with Crippen LogP contribution in [-0.4, -0.2) is 57.1 Å². The molecule has 32 heavy (non-hydrogen) atoms. The first-order valence-electron chi connectivity index (χ1n) is 10.8.